The zero-order valence-corrected chi connectivity index (χ0v) is 9.25. The maximum Gasteiger partial charge on any atom is 0.220 e. The highest BCUT2D eigenvalue weighted by Gasteiger charge is 2.28. The van der Waals surface area contributed by atoms with Crippen LogP contribution in [0.25, 0.3) is 0 Å². The van der Waals surface area contributed by atoms with Gasteiger partial charge >= 0.3 is 0 Å². The van der Waals surface area contributed by atoms with Crippen LogP contribution in [0.5, 0.6) is 0 Å². The predicted octanol–water partition coefficient (Wildman–Crippen LogP) is 1.28. The van der Waals surface area contributed by atoms with Gasteiger partial charge < -0.3 is 11.1 Å². The van der Waals surface area contributed by atoms with E-state index >= 15 is 0 Å². The second-order valence-corrected chi connectivity index (χ2v) is 4.74. The van der Waals surface area contributed by atoms with E-state index in [1.165, 1.54) is 12.8 Å². The molecule has 1 saturated carbocycles. The number of carbonyl (C=O) groups is 1. The molecule has 1 fully saturated rings. The van der Waals surface area contributed by atoms with E-state index in [-0.39, 0.29) is 11.9 Å². The predicted molar refractivity (Wildman–Crippen MR) is 57.8 cm³/mol. The van der Waals surface area contributed by atoms with Gasteiger partial charge in [-0.2, -0.15) is 0 Å². The van der Waals surface area contributed by atoms with Gasteiger partial charge in [-0.3, -0.25) is 4.79 Å². The van der Waals surface area contributed by atoms with Crippen LogP contribution >= 0.6 is 0 Å². The molecule has 1 aliphatic rings. The van der Waals surface area contributed by atoms with Crippen molar-refractivity contribution < 1.29 is 4.79 Å². The van der Waals surface area contributed by atoms with E-state index in [9.17, 15) is 4.79 Å². The van der Waals surface area contributed by atoms with E-state index in [1.807, 2.05) is 0 Å². The molecule has 0 aromatic carbocycles. The first kappa shape index (κ1) is 11.5. The molecule has 3 nitrogen and oxygen atoms in total. The number of hydrogen-bond donors (Lipinski definition) is 2. The summed E-state index contributed by atoms with van der Waals surface area (Å²) in [5.74, 6) is 1.41. The highest BCUT2D eigenvalue weighted by Crippen LogP contribution is 2.31. The number of nitrogens with two attached hydrogens (primary N) is 1. The van der Waals surface area contributed by atoms with Crippen LogP contribution in [-0.2, 0) is 4.79 Å². The van der Waals surface area contributed by atoms with Gasteiger partial charge in [0, 0.05) is 19.0 Å². The molecule has 3 N–H and O–H groups in total. The Labute approximate surface area is 86.4 Å². The fourth-order valence-electron chi connectivity index (χ4n) is 1.43. The molecule has 0 saturated heterocycles. The Bertz CT molecular complexity index is 188. The van der Waals surface area contributed by atoms with Gasteiger partial charge in [0.1, 0.15) is 0 Å². The van der Waals surface area contributed by atoms with Crippen molar-refractivity contribution in [2.75, 3.05) is 6.54 Å². The van der Waals surface area contributed by atoms with Gasteiger partial charge in [0.2, 0.25) is 5.91 Å². The molecule has 1 atom stereocenters. The topological polar surface area (TPSA) is 55.1 Å². The zero-order valence-electron chi connectivity index (χ0n) is 9.25. The third-order valence-corrected chi connectivity index (χ3v) is 2.71. The smallest absolute Gasteiger partial charge is 0.220 e. The number of rotatable bonds is 6. The monoisotopic (exact) mass is 198 g/mol. The summed E-state index contributed by atoms with van der Waals surface area (Å²) in [6.45, 7) is 4.91. The summed E-state index contributed by atoms with van der Waals surface area (Å²) >= 11 is 0. The summed E-state index contributed by atoms with van der Waals surface area (Å²) in [7, 11) is 0. The van der Waals surface area contributed by atoms with Gasteiger partial charge in [-0.05, 0) is 31.1 Å². The molecule has 0 spiro atoms. The van der Waals surface area contributed by atoms with Gasteiger partial charge in [0.25, 0.3) is 0 Å². The molecular formula is C11H22N2O. The van der Waals surface area contributed by atoms with Crippen LogP contribution in [0.1, 0.15) is 39.5 Å². The largest absolute Gasteiger partial charge is 0.355 e. The number of hydrogen-bond acceptors (Lipinski definition) is 2. The number of carbonyl (C=O) groups excluding carboxylic acids is 1. The van der Waals surface area contributed by atoms with Crippen molar-refractivity contribution in [3.63, 3.8) is 0 Å². The lowest BCUT2D eigenvalue weighted by Gasteiger charge is -2.11. The molecule has 0 aromatic heterocycles. The summed E-state index contributed by atoms with van der Waals surface area (Å²) < 4.78 is 0. The van der Waals surface area contributed by atoms with Crippen molar-refractivity contribution in [1.82, 2.24) is 5.32 Å². The molecule has 1 aliphatic carbocycles. The van der Waals surface area contributed by atoms with E-state index in [0.29, 0.717) is 24.8 Å². The number of amides is 1. The van der Waals surface area contributed by atoms with Gasteiger partial charge in [-0.1, -0.05) is 13.8 Å². The molecule has 82 valence electrons. The van der Waals surface area contributed by atoms with Crippen LogP contribution in [0, 0.1) is 11.8 Å². The average Bonchev–Trinajstić information content (AvgIpc) is 2.93. The molecule has 0 bridgehead atoms. The Morgan fingerprint density at radius 3 is 2.64 bits per heavy atom. The highest BCUT2D eigenvalue weighted by molar-refractivity contribution is 5.75. The minimum atomic E-state index is 0.148. The Balaban J connectivity index is 2.02. The quantitative estimate of drug-likeness (QED) is 0.675. The van der Waals surface area contributed by atoms with Crippen LogP contribution in [0.4, 0.5) is 0 Å². The molecule has 14 heavy (non-hydrogen) atoms. The molecule has 1 unspecified atom stereocenters. The van der Waals surface area contributed by atoms with Crippen LogP contribution in [0.2, 0.25) is 0 Å². The van der Waals surface area contributed by atoms with Crippen LogP contribution in [-0.4, -0.2) is 18.5 Å². The Hall–Kier alpha value is -0.570. The molecular weight excluding hydrogens is 176 g/mol. The van der Waals surface area contributed by atoms with Crippen molar-refractivity contribution in [2.24, 2.45) is 17.6 Å². The van der Waals surface area contributed by atoms with Crippen molar-refractivity contribution in [3.05, 3.63) is 0 Å². The lowest BCUT2D eigenvalue weighted by molar-refractivity contribution is -0.121. The lowest BCUT2D eigenvalue weighted by Crippen LogP contribution is -2.38. The first-order chi connectivity index (χ1) is 6.59. The zero-order chi connectivity index (χ0) is 10.6. The minimum absolute atomic E-state index is 0.148. The second kappa shape index (κ2) is 5.35. The Morgan fingerprint density at radius 2 is 2.14 bits per heavy atom. The maximum atomic E-state index is 11.3. The summed E-state index contributed by atoms with van der Waals surface area (Å²) in [6.07, 6.45) is 4.08. The van der Waals surface area contributed by atoms with Crippen LogP contribution in [0.3, 0.4) is 0 Å². The van der Waals surface area contributed by atoms with E-state index in [2.05, 4.69) is 19.2 Å². The third kappa shape index (κ3) is 4.61. The lowest BCUT2D eigenvalue weighted by atomic mass is 10.1. The normalized spacial score (nSPS) is 18.3. The molecule has 1 rings (SSSR count). The van der Waals surface area contributed by atoms with Crippen molar-refractivity contribution in [1.29, 1.82) is 0 Å². The SMILES string of the molecule is CC(C)CCC(=O)NCC(N)C1CC1. The van der Waals surface area contributed by atoms with Gasteiger partial charge in [0.05, 0.1) is 0 Å². The molecule has 0 aromatic rings. The van der Waals surface area contributed by atoms with Gasteiger partial charge in [-0.15, -0.1) is 0 Å². The minimum Gasteiger partial charge on any atom is -0.355 e. The highest BCUT2D eigenvalue weighted by atomic mass is 16.1. The molecule has 3 heteroatoms. The first-order valence-electron chi connectivity index (χ1n) is 5.62. The fourth-order valence-corrected chi connectivity index (χ4v) is 1.43. The van der Waals surface area contributed by atoms with Gasteiger partial charge in [-0.25, -0.2) is 0 Å². The van der Waals surface area contributed by atoms with E-state index in [0.717, 1.165) is 6.42 Å². The maximum absolute atomic E-state index is 11.3. The summed E-state index contributed by atoms with van der Waals surface area (Å²) in [4.78, 5) is 11.3. The Kier molecular flexibility index (Phi) is 4.39. The number of nitrogens with one attached hydrogen (secondary N) is 1. The summed E-state index contributed by atoms with van der Waals surface area (Å²) in [5.41, 5.74) is 5.87. The van der Waals surface area contributed by atoms with Crippen molar-refractivity contribution in [3.8, 4) is 0 Å². The average molecular weight is 198 g/mol. The van der Waals surface area contributed by atoms with Crippen molar-refractivity contribution >= 4 is 5.91 Å². The van der Waals surface area contributed by atoms with Crippen LogP contribution in [0.15, 0.2) is 0 Å². The molecule has 1 amide bonds. The molecule has 0 aliphatic heterocycles. The third-order valence-electron chi connectivity index (χ3n) is 2.71. The van der Waals surface area contributed by atoms with E-state index in [4.69, 9.17) is 5.73 Å². The van der Waals surface area contributed by atoms with Crippen LogP contribution < -0.4 is 11.1 Å². The first-order valence-corrected chi connectivity index (χ1v) is 5.62. The molecule has 0 radical (unpaired) electrons. The fraction of sp³-hybridized carbons (Fsp3) is 0.909. The van der Waals surface area contributed by atoms with Crippen molar-refractivity contribution in [2.45, 2.75) is 45.6 Å². The van der Waals surface area contributed by atoms with E-state index < -0.39 is 0 Å². The van der Waals surface area contributed by atoms with Gasteiger partial charge in [0.15, 0.2) is 0 Å². The second-order valence-electron chi connectivity index (χ2n) is 4.74. The standard InChI is InChI=1S/C11H22N2O/c1-8(2)3-6-11(14)13-7-10(12)9-4-5-9/h8-10H,3-7,12H2,1-2H3,(H,13,14). The molecule has 0 heterocycles. The van der Waals surface area contributed by atoms with E-state index in [1.54, 1.807) is 0 Å². The summed E-state index contributed by atoms with van der Waals surface area (Å²) in [5, 5.41) is 2.90. The summed E-state index contributed by atoms with van der Waals surface area (Å²) in [6, 6.07) is 0.179. The Morgan fingerprint density at radius 1 is 1.50 bits per heavy atom.